The van der Waals surface area contributed by atoms with Gasteiger partial charge in [-0.3, -0.25) is 25.0 Å². The van der Waals surface area contributed by atoms with E-state index in [1.165, 1.54) is 0 Å². The number of nitro benzene ring substituents is 2. The molecule has 0 atom stereocenters. The Bertz CT molecular complexity index is 455. The van der Waals surface area contributed by atoms with Crippen LogP contribution in [0.1, 0.15) is 10.4 Å². The summed E-state index contributed by atoms with van der Waals surface area (Å²) in [5, 5.41) is 29.9. The number of carbonyl (C=O) groups is 1. The molecule has 0 spiro atoms. The number of benzene rings is 1. The lowest BCUT2D eigenvalue weighted by atomic mass is 10.1. The minimum atomic E-state index is -0.976. The second kappa shape index (κ2) is 3.70. The maximum absolute atomic E-state index is 10.4. The van der Waals surface area contributed by atoms with Gasteiger partial charge in [-0.1, -0.05) is 0 Å². The summed E-state index contributed by atoms with van der Waals surface area (Å²) in [6.45, 7) is 0. The summed E-state index contributed by atoms with van der Waals surface area (Å²) in [5.41, 5.74) is -2.02. The number of rotatable bonds is 3. The zero-order valence-electron chi connectivity index (χ0n) is 7.11. The van der Waals surface area contributed by atoms with E-state index in [1.807, 2.05) is 0 Å². The largest absolute Gasteiger partial charge is 0.507 e. The average molecular weight is 212 g/mol. The molecule has 0 aliphatic carbocycles. The number of phenolic OH excluding ortho intramolecular Hbond substituents is 1. The number of non-ortho nitro benzene ring substituents is 1. The van der Waals surface area contributed by atoms with Crippen molar-refractivity contribution < 1.29 is 19.7 Å². The Hall–Kier alpha value is -2.51. The number of hydrogen-bond acceptors (Lipinski definition) is 6. The van der Waals surface area contributed by atoms with Crippen LogP contribution in [0.5, 0.6) is 5.75 Å². The van der Waals surface area contributed by atoms with Crippen molar-refractivity contribution in [2.24, 2.45) is 0 Å². The Morgan fingerprint density at radius 1 is 1.20 bits per heavy atom. The second-order valence-corrected chi connectivity index (χ2v) is 2.53. The zero-order chi connectivity index (χ0) is 11.6. The first-order valence-corrected chi connectivity index (χ1v) is 3.58. The van der Waals surface area contributed by atoms with Gasteiger partial charge >= 0.3 is 0 Å². The zero-order valence-corrected chi connectivity index (χ0v) is 7.11. The first-order chi connectivity index (χ1) is 6.97. The standard InChI is InChI=1S/C7H4N2O6/c10-3-5-6(9(14)15)1-4(8(12)13)2-7(5)11/h1-3,11H. The number of aromatic hydroxyl groups is 1. The van der Waals surface area contributed by atoms with Crippen LogP contribution in [0.4, 0.5) is 11.4 Å². The highest BCUT2D eigenvalue weighted by Gasteiger charge is 2.23. The van der Waals surface area contributed by atoms with Gasteiger partial charge in [0.15, 0.2) is 6.29 Å². The average Bonchev–Trinajstić information content (AvgIpc) is 2.16. The fourth-order valence-corrected chi connectivity index (χ4v) is 0.986. The molecule has 0 aromatic heterocycles. The molecule has 0 fully saturated rings. The fraction of sp³-hybridized carbons (Fsp3) is 0. The predicted octanol–water partition coefficient (Wildman–Crippen LogP) is 1.02. The van der Waals surface area contributed by atoms with Gasteiger partial charge in [-0.05, 0) is 0 Å². The highest BCUT2D eigenvalue weighted by molar-refractivity contribution is 5.86. The normalized spacial score (nSPS) is 9.60. The summed E-state index contributed by atoms with van der Waals surface area (Å²) in [7, 11) is 0. The number of carbonyl (C=O) groups excluding carboxylic acids is 1. The summed E-state index contributed by atoms with van der Waals surface area (Å²) < 4.78 is 0. The van der Waals surface area contributed by atoms with E-state index in [4.69, 9.17) is 5.11 Å². The van der Waals surface area contributed by atoms with Gasteiger partial charge in [0.2, 0.25) is 0 Å². The van der Waals surface area contributed by atoms with Crippen LogP contribution in [0.2, 0.25) is 0 Å². The molecule has 8 heteroatoms. The summed E-state index contributed by atoms with van der Waals surface area (Å²) >= 11 is 0. The Balaban J connectivity index is 3.52. The van der Waals surface area contributed by atoms with Crippen molar-refractivity contribution >= 4 is 17.7 Å². The molecule has 0 amide bonds. The van der Waals surface area contributed by atoms with Crippen molar-refractivity contribution in [1.82, 2.24) is 0 Å². The van der Waals surface area contributed by atoms with Gasteiger partial charge in [0, 0.05) is 0 Å². The molecule has 1 aromatic rings. The van der Waals surface area contributed by atoms with Crippen LogP contribution in [0, 0.1) is 20.2 Å². The summed E-state index contributed by atoms with van der Waals surface area (Å²) in [4.78, 5) is 29.3. The highest BCUT2D eigenvalue weighted by Crippen LogP contribution is 2.31. The van der Waals surface area contributed by atoms with Crippen LogP contribution in [0.15, 0.2) is 12.1 Å². The van der Waals surface area contributed by atoms with E-state index in [2.05, 4.69) is 0 Å². The van der Waals surface area contributed by atoms with Gasteiger partial charge in [-0.2, -0.15) is 0 Å². The van der Waals surface area contributed by atoms with Crippen LogP contribution >= 0.6 is 0 Å². The molecule has 78 valence electrons. The molecule has 0 saturated heterocycles. The highest BCUT2D eigenvalue weighted by atomic mass is 16.6. The van der Waals surface area contributed by atoms with E-state index in [0.29, 0.717) is 12.1 Å². The number of hydrogen-bond donors (Lipinski definition) is 1. The van der Waals surface area contributed by atoms with Crippen molar-refractivity contribution in [2.45, 2.75) is 0 Å². The number of nitrogens with zero attached hydrogens (tertiary/aromatic N) is 2. The van der Waals surface area contributed by atoms with Gasteiger partial charge in [0.25, 0.3) is 11.4 Å². The minimum absolute atomic E-state index is 0.0667. The van der Waals surface area contributed by atoms with E-state index in [-0.39, 0.29) is 6.29 Å². The summed E-state index contributed by atoms with van der Waals surface area (Å²) in [5.74, 6) is -0.786. The molecule has 0 radical (unpaired) electrons. The third-order valence-corrected chi connectivity index (χ3v) is 1.65. The Morgan fingerprint density at radius 2 is 1.80 bits per heavy atom. The maximum Gasteiger partial charge on any atom is 0.290 e. The first-order valence-electron chi connectivity index (χ1n) is 3.58. The van der Waals surface area contributed by atoms with Gasteiger partial charge in [-0.15, -0.1) is 0 Å². The SMILES string of the molecule is O=Cc1c(O)cc([N+](=O)[O-])cc1[N+](=O)[O-]. The van der Waals surface area contributed by atoms with Gasteiger partial charge in [0.05, 0.1) is 22.0 Å². The molecule has 0 heterocycles. The Morgan fingerprint density at radius 3 is 2.20 bits per heavy atom. The van der Waals surface area contributed by atoms with Gasteiger partial charge in [0.1, 0.15) is 11.3 Å². The van der Waals surface area contributed by atoms with Crippen molar-refractivity contribution in [2.75, 3.05) is 0 Å². The van der Waals surface area contributed by atoms with Crippen LogP contribution < -0.4 is 0 Å². The predicted molar refractivity (Wildman–Crippen MR) is 46.8 cm³/mol. The third kappa shape index (κ3) is 1.88. The first kappa shape index (κ1) is 10.6. The van der Waals surface area contributed by atoms with E-state index in [1.54, 1.807) is 0 Å². The molecule has 1 aromatic carbocycles. The fourth-order valence-electron chi connectivity index (χ4n) is 0.986. The number of nitro groups is 2. The minimum Gasteiger partial charge on any atom is -0.507 e. The molecule has 0 unspecified atom stereocenters. The van der Waals surface area contributed by atoms with Crippen LogP contribution in [0.25, 0.3) is 0 Å². The lowest BCUT2D eigenvalue weighted by Gasteiger charge is -1.98. The van der Waals surface area contributed by atoms with Gasteiger partial charge in [-0.25, -0.2) is 0 Å². The van der Waals surface area contributed by atoms with Crippen molar-refractivity contribution in [3.8, 4) is 5.75 Å². The third-order valence-electron chi connectivity index (χ3n) is 1.65. The molecule has 0 saturated carbocycles. The summed E-state index contributed by atoms with van der Waals surface area (Å²) in [6.07, 6.45) is 0.0667. The Labute approximate surface area is 82.1 Å². The molecule has 0 aliphatic rings. The van der Waals surface area contributed by atoms with Crippen molar-refractivity contribution in [1.29, 1.82) is 0 Å². The molecule has 0 aliphatic heterocycles. The van der Waals surface area contributed by atoms with E-state index in [9.17, 15) is 25.0 Å². The van der Waals surface area contributed by atoms with Crippen LogP contribution in [-0.2, 0) is 0 Å². The molecule has 15 heavy (non-hydrogen) atoms. The van der Waals surface area contributed by atoms with Crippen LogP contribution in [-0.4, -0.2) is 21.2 Å². The summed E-state index contributed by atoms with van der Waals surface area (Å²) in [6, 6.07) is 1.29. The van der Waals surface area contributed by atoms with Crippen molar-refractivity contribution in [3.05, 3.63) is 37.9 Å². The van der Waals surface area contributed by atoms with E-state index < -0.39 is 32.5 Å². The lowest BCUT2D eigenvalue weighted by Crippen LogP contribution is -1.97. The lowest BCUT2D eigenvalue weighted by molar-refractivity contribution is -0.394. The molecular formula is C7H4N2O6. The van der Waals surface area contributed by atoms with Crippen molar-refractivity contribution in [3.63, 3.8) is 0 Å². The van der Waals surface area contributed by atoms with Crippen LogP contribution in [0.3, 0.4) is 0 Å². The van der Waals surface area contributed by atoms with Gasteiger partial charge < -0.3 is 5.11 Å². The number of aldehydes is 1. The van der Waals surface area contributed by atoms with E-state index >= 15 is 0 Å². The molecule has 0 bridgehead atoms. The smallest absolute Gasteiger partial charge is 0.290 e. The Kier molecular flexibility index (Phi) is 2.61. The number of phenols is 1. The maximum atomic E-state index is 10.4. The second-order valence-electron chi connectivity index (χ2n) is 2.53. The monoisotopic (exact) mass is 212 g/mol. The quantitative estimate of drug-likeness (QED) is 0.453. The molecular weight excluding hydrogens is 208 g/mol. The topological polar surface area (TPSA) is 124 Å². The molecule has 1 rings (SSSR count). The molecule has 1 N–H and O–H groups in total. The van der Waals surface area contributed by atoms with E-state index in [0.717, 1.165) is 0 Å². The molecule has 8 nitrogen and oxygen atoms in total.